The third-order valence-electron chi connectivity index (χ3n) is 3.52. The number of carbonyl (C=O) groups excluding carboxylic acids is 1. The number of fused-ring (bicyclic) bond motifs is 1. The van der Waals surface area contributed by atoms with Gasteiger partial charge in [0.25, 0.3) is 5.91 Å². The third kappa shape index (κ3) is 2.98. The van der Waals surface area contributed by atoms with E-state index in [2.05, 4.69) is 37.3 Å². The van der Waals surface area contributed by atoms with E-state index in [9.17, 15) is 4.79 Å². The van der Waals surface area contributed by atoms with Crippen molar-refractivity contribution in [2.75, 3.05) is 7.05 Å². The van der Waals surface area contributed by atoms with Gasteiger partial charge in [0.1, 0.15) is 0 Å². The Morgan fingerprint density at radius 2 is 1.81 bits per heavy atom. The zero-order valence-electron chi connectivity index (χ0n) is 12.2. The molecule has 0 spiro atoms. The van der Waals surface area contributed by atoms with E-state index in [-0.39, 0.29) is 5.91 Å². The lowest BCUT2D eigenvalue weighted by Crippen LogP contribution is -2.25. The summed E-state index contributed by atoms with van der Waals surface area (Å²) in [6, 6.07) is 18.4. The highest BCUT2D eigenvalue weighted by Crippen LogP contribution is 2.26. The molecule has 0 fully saturated rings. The van der Waals surface area contributed by atoms with Crippen LogP contribution in [0.25, 0.3) is 10.1 Å². The van der Waals surface area contributed by atoms with E-state index in [1.54, 1.807) is 16.2 Å². The normalized spacial score (nSPS) is 10.8. The van der Waals surface area contributed by atoms with Crippen molar-refractivity contribution in [1.82, 2.24) is 4.90 Å². The molecule has 106 valence electrons. The summed E-state index contributed by atoms with van der Waals surface area (Å²) in [5.74, 6) is 0.0803. The van der Waals surface area contributed by atoms with E-state index >= 15 is 0 Å². The van der Waals surface area contributed by atoms with E-state index in [0.717, 1.165) is 20.5 Å². The fraction of sp³-hybridized carbons (Fsp3) is 0.167. The Morgan fingerprint density at radius 1 is 1.10 bits per heavy atom. The quantitative estimate of drug-likeness (QED) is 0.697. The number of thiophene rings is 1. The van der Waals surface area contributed by atoms with Crippen LogP contribution in [0.2, 0.25) is 0 Å². The zero-order valence-corrected chi connectivity index (χ0v) is 13.0. The molecule has 0 saturated carbocycles. The van der Waals surface area contributed by atoms with Gasteiger partial charge in [0.2, 0.25) is 0 Å². The maximum absolute atomic E-state index is 12.5. The van der Waals surface area contributed by atoms with Gasteiger partial charge >= 0.3 is 0 Å². The van der Waals surface area contributed by atoms with Crippen LogP contribution in [0, 0.1) is 6.92 Å². The lowest BCUT2D eigenvalue weighted by molar-refractivity contribution is 0.0790. The predicted molar refractivity (Wildman–Crippen MR) is 88.8 cm³/mol. The van der Waals surface area contributed by atoms with Crippen LogP contribution in [0.15, 0.2) is 54.6 Å². The first-order valence-corrected chi connectivity index (χ1v) is 7.75. The molecule has 1 amide bonds. The number of rotatable bonds is 3. The Labute approximate surface area is 128 Å². The number of hydrogen-bond donors (Lipinski definition) is 0. The molecule has 0 atom stereocenters. The summed E-state index contributed by atoms with van der Waals surface area (Å²) < 4.78 is 1.16. The number of hydrogen-bond acceptors (Lipinski definition) is 2. The summed E-state index contributed by atoms with van der Waals surface area (Å²) in [7, 11) is 1.85. The molecule has 2 nitrogen and oxygen atoms in total. The summed E-state index contributed by atoms with van der Waals surface area (Å²) in [6.07, 6.45) is 0. The lowest BCUT2D eigenvalue weighted by atomic mass is 10.1. The summed E-state index contributed by atoms with van der Waals surface area (Å²) in [5, 5.41) is 1.13. The predicted octanol–water partition coefficient (Wildman–Crippen LogP) is 4.48. The fourth-order valence-electron chi connectivity index (χ4n) is 2.31. The van der Waals surface area contributed by atoms with E-state index < -0.39 is 0 Å². The molecule has 0 N–H and O–H groups in total. The minimum Gasteiger partial charge on any atom is -0.337 e. The monoisotopic (exact) mass is 295 g/mol. The highest BCUT2D eigenvalue weighted by Gasteiger charge is 2.15. The summed E-state index contributed by atoms with van der Waals surface area (Å²) in [6.45, 7) is 2.70. The molecule has 0 saturated heterocycles. The molecular formula is C18H17NOS. The molecule has 0 aliphatic heterocycles. The first-order chi connectivity index (χ1) is 10.1. The van der Waals surface area contributed by atoms with Crippen molar-refractivity contribution >= 4 is 27.3 Å². The molecular weight excluding hydrogens is 278 g/mol. The van der Waals surface area contributed by atoms with Gasteiger partial charge in [-0.1, -0.05) is 48.0 Å². The van der Waals surface area contributed by atoms with E-state index in [4.69, 9.17) is 0 Å². The van der Waals surface area contributed by atoms with E-state index in [1.807, 2.05) is 31.3 Å². The number of carbonyl (C=O) groups is 1. The Kier molecular flexibility index (Phi) is 3.76. The summed E-state index contributed by atoms with van der Waals surface area (Å²) in [4.78, 5) is 15.1. The minimum atomic E-state index is 0.0803. The first kappa shape index (κ1) is 13.8. The number of nitrogens with zero attached hydrogens (tertiary/aromatic N) is 1. The SMILES string of the molecule is Cc1ccc(CN(C)C(=O)c2cc3ccccc3s2)cc1. The van der Waals surface area contributed by atoms with Crippen LogP contribution >= 0.6 is 11.3 Å². The Balaban J connectivity index is 1.78. The highest BCUT2D eigenvalue weighted by atomic mass is 32.1. The van der Waals surface area contributed by atoms with Gasteiger partial charge in [0, 0.05) is 18.3 Å². The molecule has 2 aromatic carbocycles. The van der Waals surface area contributed by atoms with Crippen molar-refractivity contribution in [3.05, 3.63) is 70.6 Å². The van der Waals surface area contributed by atoms with Crippen LogP contribution in [-0.4, -0.2) is 17.9 Å². The minimum absolute atomic E-state index is 0.0803. The van der Waals surface area contributed by atoms with Crippen molar-refractivity contribution in [2.45, 2.75) is 13.5 Å². The molecule has 0 bridgehead atoms. The van der Waals surface area contributed by atoms with Crippen molar-refractivity contribution in [3.8, 4) is 0 Å². The lowest BCUT2D eigenvalue weighted by Gasteiger charge is -2.16. The topological polar surface area (TPSA) is 20.3 Å². The summed E-state index contributed by atoms with van der Waals surface area (Å²) >= 11 is 1.56. The maximum Gasteiger partial charge on any atom is 0.264 e. The van der Waals surface area contributed by atoms with Crippen LogP contribution in [0.1, 0.15) is 20.8 Å². The molecule has 0 aliphatic rings. The average molecular weight is 295 g/mol. The van der Waals surface area contributed by atoms with Gasteiger partial charge in [-0.15, -0.1) is 11.3 Å². The summed E-state index contributed by atoms with van der Waals surface area (Å²) in [5.41, 5.74) is 2.38. The Hall–Kier alpha value is -2.13. The second-order valence-corrected chi connectivity index (χ2v) is 6.38. The second kappa shape index (κ2) is 5.70. The third-order valence-corrected chi connectivity index (χ3v) is 4.63. The van der Waals surface area contributed by atoms with E-state index in [1.165, 1.54) is 5.56 Å². The highest BCUT2D eigenvalue weighted by molar-refractivity contribution is 7.20. The van der Waals surface area contributed by atoms with Gasteiger partial charge in [-0.05, 0) is 30.0 Å². The van der Waals surface area contributed by atoms with Gasteiger partial charge in [-0.2, -0.15) is 0 Å². The van der Waals surface area contributed by atoms with Gasteiger partial charge in [0.05, 0.1) is 4.88 Å². The van der Waals surface area contributed by atoms with Crippen molar-refractivity contribution in [2.24, 2.45) is 0 Å². The number of benzene rings is 2. The molecule has 1 heterocycles. The molecule has 1 aromatic heterocycles. The van der Waals surface area contributed by atoms with Crippen LogP contribution in [0.3, 0.4) is 0 Å². The molecule has 3 heteroatoms. The van der Waals surface area contributed by atoms with Crippen LogP contribution in [0.4, 0.5) is 0 Å². The molecule has 3 aromatic rings. The smallest absolute Gasteiger partial charge is 0.264 e. The molecule has 3 rings (SSSR count). The maximum atomic E-state index is 12.5. The zero-order chi connectivity index (χ0) is 14.8. The molecule has 0 aliphatic carbocycles. The first-order valence-electron chi connectivity index (χ1n) is 6.93. The molecule has 21 heavy (non-hydrogen) atoms. The van der Waals surface area contributed by atoms with Crippen LogP contribution in [-0.2, 0) is 6.54 Å². The van der Waals surface area contributed by atoms with E-state index in [0.29, 0.717) is 6.54 Å². The Bertz CT molecular complexity index is 740. The van der Waals surface area contributed by atoms with Gasteiger partial charge in [-0.25, -0.2) is 0 Å². The standard InChI is InChI=1S/C18H17NOS/c1-13-7-9-14(10-8-13)12-19(2)18(20)17-11-15-5-3-4-6-16(15)21-17/h3-11H,12H2,1-2H3. The number of aryl methyl sites for hydroxylation is 1. The average Bonchev–Trinajstić information content (AvgIpc) is 2.92. The van der Waals surface area contributed by atoms with Gasteiger partial charge < -0.3 is 4.90 Å². The largest absolute Gasteiger partial charge is 0.337 e. The van der Waals surface area contributed by atoms with Gasteiger partial charge in [-0.3, -0.25) is 4.79 Å². The van der Waals surface area contributed by atoms with Crippen LogP contribution in [0.5, 0.6) is 0 Å². The number of amides is 1. The van der Waals surface area contributed by atoms with Crippen molar-refractivity contribution < 1.29 is 4.79 Å². The van der Waals surface area contributed by atoms with Crippen molar-refractivity contribution in [3.63, 3.8) is 0 Å². The fourth-order valence-corrected chi connectivity index (χ4v) is 3.37. The Morgan fingerprint density at radius 3 is 2.52 bits per heavy atom. The van der Waals surface area contributed by atoms with Crippen LogP contribution < -0.4 is 0 Å². The van der Waals surface area contributed by atoms with Crippen molar-refractivity contribution in [1.29, 1.82) is 0 Å². The molecule has 0 radical (unpaired) electrons. The van der Waals surface area contributed by atoms with Gasteiger partial charge in [0.15, 0.2) is 0 Å². The second-order valence-electron chi connectivity index (χ2n) is 5.30. The molecule has 0 unspecified atom stereocenters.